The zero-order chi connectivity index (χ0) is 17.4. The fourth-order valence-corrected chi connectivity index (χ4v) is 3.44. The van der Waals surface area contributed by atoms with Crippen LogP contribution in [0.5, 0.6) is 0 Å². The zero-order valence-corrected chi connectivity index (χ0v) is 18.5. The van der Waals surface area contributed by atoms with Crippen LogP contribution in [0.1, 0.15) is 43.5 Å². The van der Waals surface area contributed by atoms with E-state index in [1.807, 2.05) is 14.0 Å². The highest BCUT2D eigenvalue weighted by Gasteiger charge is 2.18. The molecule has 6 nitrogen and oxygen atoms in total. The Hall–Kier alpha value is -0.830. The van der Waals surface area contributed by atoms with Crippen molar-refractivity contribution in [2.45, 2.75) is 58.5 Å². The van der Waals surface area contributed by atoms with Crippen molar-refractivity contribution in [2.24, 2.45) is 4.99 Å². The first kappa shape index (κ1) is 22.2. The summed E-state index contributed by atoms with van der Waals surface area (Å²) in [6.45, 7) is 7.98. The highest BCUT2D eigenvalue weighted by Crippen LogP contribution is 2.21. The average Bonchev–Trinajstić information content (AvgIpc) is 3.19. The summed E-state index contributed by atoms with van der Waals surface area (Å²) in [5, 5.41) is 11.3. The third-order valence-corrected chi connectivity index (χ3v) is 4.87. The molecule has 2 N–H and O–H groups in total. The van der Waals surface area contributed by atoms with E-state index in [0.717, 1.165) is 50.3 Å². The average molecular weight is 462 g/mol. The Labute approximate surface area is 169 Å². The lowest BCUT2D eigenvalue weighted by Gasteiger charge is -2.24. The minimum absolute atomic E-state index is 0. The third kappa shape index (κ3) is 7.52. The normalized spacial score (nSPS) is 15.5. The molecule has 1 fully saturated rings. The van der Waals surface area contributed by atoms with Gasteiger partial charge in [0.05, 0.1) is 5.69 Å². The molecule has 0 spiro atoms. The van der Waals surface area contributed by atoms with E-state index in [0.29, 0.717) is 0 Å². The second-order valence-corrected chi connectivity index (χ2v) is 6.85. The molecule has 1 aromatic heterocycles. The number of nitrogens with zero attached hydrogens (tertiary/aromatic N) is 4. The van der Waals surface area contributed by atoms with Gasteiger partial charge in [-0.2, -0.15) is 5.10 Å². The second-order valence-electron chi connectivity index (χ2n) is 6.85. The summed E-state index contributed by atoms with van der Waals surface area (Å²) in [5.41, 5.74) is 2.31. The van der Waals surface area contributed by atoms with Crippen LogP contribution in [0.4, 0.5) is 0 Å². The molecule has 25 heavy (non-hydrogen) atoms. The molecule has 2 rings (SSSR count). The van der Waals surface area contributed by atoms with E-state index in [4.69, 9.17) is 0 Å². The topological polar surface area (TPSA) is 57.5 Å². The SMILES string of the molecule is CN=C(NCCCn1nc(C)cc1C)NCCN(C)C1CCCC1.I. The molecule has 1 aliphatic carbocycles. The Morgan fingerprint density at radius 2 is 1.96 bits per heavy atom. The van der Waals surface area contributed by atoms with Crippen LogP contribution in [0.3, 0.4) is 0 Å². The fourth-order valence-electron chi connectivity index (χ4n) is 3.44. The zero-order valence-electron chi connectivity index (χ0n) is 16.2. The van der Waals surface area contributed by atoms with Gasteiger partial charge in [0.25, 0.3) is 0 Å². The van der Waals surface area contributed by atoms with Crippen LogP contribution in [0.2, 0.25) is 0 Å². The van der Waals surface area contributed by atoms with Gasteiger partial charge in [0, 0.05) is 45.0 Å². The minimum Gasteiger partial charge on any atom is -0.356 e. The van der Waals surface area contributed by atoms with Crippen LogP contribution >= 0.6 is 24.0 Å². The van der Waals surface area contributed by atoms with Crippen molar-refractivity contribution in [2.75, 3.05) is 33.7 Å². The van der Waals surface area contributed by atoms with Gasteiger partial charge >= 0.3 is 0 Å². The molecule has 0 amide bonds. The summed E-state index contributed by atoms with van der Waals surface area (Å²) in [7, 11) is 4.07. The lowest BCUT2D eigenvalue weighted by molar-refractivity contribution is 0.249. The lowest BCUT2D eigenvalue weighted by atomic mass is 10.2. The summed E-state index contributed by atoms with van der Waals surface area (Å²) < 4.78 is 2.07. The predicted octanol–water partition coefficient (Wildman–Crippen LogP) is 2.55. The number of nitrogens with one attached hydrogen (secondary N) is 2. The molecule has 0 saturated heterocycles. The molecule has 0 aromatic carbocycles. The van der Waals surface area contributed by atoms with E-state index in [1.54, 1.807) is 0 Å². The van der Waals surface area contributed by atoms with E-state index in [2.05, 4.69) is 50.3 Å². The van der Waals surface area contributed by atoms with Crippen molar-refractivity contribution in [3.8, 4) is 0 Å². The van der Waals surface area contributed by atoms with E-state index in [1.165, 1.54) is 31.4 Å². The van der Waals surface area contributed by atoms with Gasteiger partial charge in [0.1, 0.15) is 0 Å². The van der Waals surface area contributed by atoms with Crippen molar-refractivity contribution >= 4 is 29.9 Å². The van der Waals surface area contributed by atoms with Gasteiger partial charge in [-0.15, -0.1) is 24.0 Å². The van der Waals surface area contributed by atoms with Gasteiger partial charge in [0.2, 0.25) is 0 Å². The van der Waals surface area contributed by atoms with Gasteiger partial charge in [-0.05, 0) is 46.2 Å². The first-order valence-electron chi connectivity index (χ1n) is 9.26. The number of likely N-dealkylation sites (N-methyl/N-ethyl adjacent to an activating group) is 1. The molecule has 0 bridgehead atoms. The molecule has 0 atom stereocenters. The number of rotatable bonds is 8. The van der Waals surface area contributed by atoms with Gasteiger partial charge in [-0.1, -0.05) is 12.8 Å². The lowest BCUT2D eigenvalue weighted by Crippen LogP contribution is -2.42. The number of aryl methyl sites for hydroxylation is 3. The maximum atomic E-state index is 4.49. The molecule has 0 aliphatic heterocycles. The number of hydrogen-bond acceptors (Lipinski definition) is 3. The molecule has 1 saturated carbocycles. The number of guanidine groups is 1. The van der Waals surface area contributed by atoms with Crippen molar-refractivity contribution in [1.29, 1.82) is 0 Å². The van der Waals surface area contributed by atoms with Crippen molar-refractivity contribution in [3.63, 3.8) is 0 Å². The number of hydrogen-bond donors (Lipinski definition) is 2. The second kappa shape index (κ2) is 11.7. The fraction of sp³-hybridized carbons (Fsp3) is 0.778. The largest absolute Gasteiger partial charge is 0.356 e. The Kier molecular flexibility index (Phi) is 10.4. The van der Waals surface area contributed by atoms with Crippen molar-refractivity contribution in [1.82, 2.24) is 25.3 Å². The van der Waals surface area contributed by atoms with Crippen LogP contribution in [-0.2, 0) is 6.54 Å². The van der Waals surface area contributed by atoms with Gasteiger partial charge in [-0.25, -0.2) is 0 Å². The van der Waals surface area contributed by atoms with Gasteiger partial charge in [0.15, 0.2) is 5.96 Å². The van der Waals surface area contributed by atoms with Gasteiger partial charge in [-0.3, -0.25) is 9.67 Å². The van der Waals surface area contributed by atoms with Gasteiger partial charge < -0.3 is 15.5 Å². The van der Waals surface area contributed by atoms with E-state index >= 15 is 0 Å². The minimum atomic E-state index is 0. The van der Waals surface area contributed by atoms with E-state index in [-0.39, 0.29) is 24.0 Å². The summed E-state index contributed by atoms with van der Waals surface area (Å²) in [6, 6.07) is 2.90. The van der Waals surface area contributed by atoms with Crippen LogP contribution in [-0.4, -0.2) is 60.4 Å². The van der Waals surface area contributed by atoms with Crippen molar-refractivity contribution in [3.05, 3.63) is 17.5 Å². The molecular formula is C18H35IN6. The van der Waals surface area contributed by atoms with E-state index in [9.17, 15) is 0 Å². The monoisotopic (exact) mass is 462 g/mol. The van der Waals surface area contributed by atoms with E-state index < -0.39 is 0 Å². The highest BCUT2D eigenvalue weighted by molar-refractivity contribution is 14.0. The number of halogens is 1. The Morgan fingerprint density at radius 3 is 2.56 bits per heavy atom. The molecule has 0 unspecified atom stereocenters. The molecule has 1 aliphatic rings. The van der Waals surface area contributed by atoms with Crippen LogP contribution in [0, 0.1) is 13.8 Å². The Bertz CT molecular complexity index is 522. The Morgan fingerprint density at radius 1 is 1.28 bits per heavy atom. The molecular weight excluding hydrogens is 427 g/mol. The van der Waals surface area contributed by atoms with Crippen LogP contribution < -0.4 is 10.6 Å². The number of aromatic nitrogens is 2. The first-order chi connectivity index (χ1) is 11.6. The third-order valence-electron chi connectivity index (χ3n) is 4.87. The molecule has 1 aromatic rings. The Balaban J connectivity index is 0.00000312. The van der Waals surface area contributed by atoms with Crippen molar-refractivity contribution < 1.29 is 0 Å². The smallest absolute Gasteiger partial charge is 0.191 e. The van der Waals surface area contributed by atoms with Crippen LogP contribution in [0.25, 0.3) is 0 Å². The maximum absolute atomic E-state index is 4.49. The maximum Gasteiger partial charge on any atom is 0.191 e. The summed E-state index contributed by atoms with van der Waals surface area (Å²) in [6.07, 6.45) is 6.53. The summed E-state index contributed by atoms with van der Waals surface area (Å²) in [5.74, 6) is 0.892. The predicted molar refractivity (Wildman–Crippen MR) is 116 cm³/mol. The molecule has 1 heterocycles. The van der Waals surface area contributed by atoms with Crippen LogP contribution in [0.15, 0.2) is 11.1 Å². The molecule has 7 heteroatoms. The summed E-state index contributed by atoms with van der Waals surface area (Å²) in [4.78, 5) is 6.78. The molecule has 0 radical (unpaired) electrons. The first-order valence-corrected chi connectivity index (χ1v) is 9.26. The standard InChI is InChI=1S/C18H34N6.HI/c1-15-14-16(2)24(22-15)12-7-10-20-18(19-3)21-11-13-23(4)17-8-5-6-9-17;/h14,17H,5-13H2,1-4H3,(H2,19,20,21);1H. The molecule has 144 valence electrons. The summed E-state index contributed by atoms with van der Waals surface area (Å²) >= 11 is 0. The quantitative estimate of drug-likeness (QED) is 0.270. The number of aliphatic imine (C=N–C) groups is 1. The highest BCUT2D eigenvalue weighted by atomic mass is 127.